The Kier molecular flexibility index (Phi) is 2.63. The van der Waals surface area contributed by atoms with Crippen molar-refractivity contribution in [2.75, 3.05) is 11.4 Å². The third-order valence-electron chi connectivity index (χ3n) is 3.51. The van der Waals surface area contributed by atoms with E-state index >= 15 is 0 Å². The molecule has 17 heavy (non-hydrogen) atoms. The molecule has 2 heterocycles. The molecule has 0 fully saturated rings. The normalized spacial score (nSPS) is 23.4. The van der Waals surface area contributed by atoms with Crippen molar-refractivity contribution in [3.05, 3.63) is 53.9 Å². The molecule has 0 saturated carbocycles. The van der Waals surface area contributed by atoms with E-state index in [2.05, 4.69) is 48.2 Å². The van der Waals surface area contributed by atoms with Crippen molar-refractivity contribution < 1.29 is 4.74 Å². The Morgan fingerprint density at radius 2 is 2.06 bits per heavy atom. The molecule has 2 aliphatic rings. The number of anilines is 1. The number of para-hydroxylation sites is 1. The number of allylic oxidation sites excluding steroid dienone is 1. The maximum Gasteiger partial charge on any atom is 0.118 e. The van der Waals surface area contributed by atoms with Gasteiger partial charge < -0.3 is 9.64 Å². The van der Waals surface area contributed by atoms with E-state index in [0.29, 0.717) is 0 Å². The van der Waals surface area contributed by atoms with Crippen LogP contribution in [0.15, 0.2) is 53.9 Å². The second-order valence-electron chi connectivity index (χ2n) is 4.58. The van der Waals surface area contributed by atoms with Gasteiger partial charge in [0.1, 0.15) is 6.10 Å². The Morgan fingerprint density at radius 3 is 2.88 bits per heavy atom. The fourth-order valence-corrected chi connectivity index (χ4v) is 2.64. The van der Waals surface area contributed by atoms with Gasteiger partial charge in [-0.25, -0.2) is 0 Å². The van der Waals surface area contributed by atoms with Gasteiger partial charge in [-0.05, 0) is 43.5 Å². The van der Waals surface area contributed by atoms with E-state index in [-0.39, 0.29) is 6.10 Å². The lowest BCUT2D eigenvalue weighted by atomic mass is 9.96. The second kappa shape index (κ2) is 4.28. The number of hydrogen-bond acceptors (Lipinski definition) is 2. The summed E-state index contributed by atoms with van der Waals surface area (Å²) in [6.45, 7) is 3.23. The molecule has 0 N–H and O–H groups in total. The minimum atomic E-state index is 0.224. The predicted molar refractivity (Wildman–Crippen MR) is 69.7 cm³/mol. The van der Waals surface area contributed by atoms with Crippen molar-refractivity contribution in [2.24, 2.45) is 0 Å². The molecule has 2 nitrogen and oxygen atoms in total. The summed E-state index contributed by atoms with van der Waals surface area (Å²) in [4.78, 5) is 2.40. The predicted octanol–water partition coefficient (Wildman–Crippen LogP) is 3.47. The van der Waals surface area contributed by atoms with Crippen LogP contribution in [0.2, 0.25) is 0 Å². The molecule has 0 aromatic heterocycles. The van der Waals surface area contributed by atoms with Crippen LogP contribution < -0.4 is 4.90 Å². The van der Waals surface area contributed by atoms with Gasteiger partial charge in [0.25, 0.3) is 0 Å². The molecule has 2 heteroatoms. The van der Waals surface area contributed by atoms with Gasteiger partial charge in [0, 0.05) is 17.9 Å². The second-order valence-corrected chi connectivity index (χ2v) is 4.58. The van der Waals surface area contributed by atoms with Gasteiger partial charge in [-0.15, -0.1) is 0 Å². The molecule has 2 aliphatic heterocycles. The molecule has 3 rings (SSSR count). The van der Waals surface area contributed by atoms with Gasteiger partial charge in [0.2, 0.25) is 0 Å². The third kappa shape index (κ3) is 1.84. The van der Waals surface area contributed by atoms with E-state index in [1.165, 1.54) is 23.4 Å². The molecule has 0 saturated heterocycles. The Morgan fingerprint density at radius 1 is 1.24 bits per heavy atom. The fraction of sp³-hybridized carbons (Fsp3) is 0.333. The summed E-state index contributed by atoms with van der Waals surface area (Å²) in [5.74, 6) is 0. The first kappa shape index (κ1) is 10.5. The summed E-state index contributed by atoms with van der Waals surface area (Å²) < 4.78 is 5.57. The Bertz CT molecular complexity index is 461. The lowest BCUT2D eigenvalue weighted by Gasteiger charge is -2.36. The molecule has 0 spiro atoms. The van der Waals surface area contributed by atoms with E-state index < -0.39 is 0 Å². The van der Waals surface area contributed by atoms with Gasteiger partial charge in [0.05, 0.1) is 6.26 Å². The topological polar surface area (TPSA) is 12.5 Å². The zero-order valence-electron chi connectivity index (χ0n) is 10.1. The van der Waals surface area contributed by atoms with Crippen molar-refractivity contribution in [3.8, 4) is 0 Å². The summed E-state index contributed by atoms with van der Waals surface area (Å²) in [7, 11) is 0. The van der Waals surface area contributed by atoms with Crippen LogP contribution >= 0.6 is 0 Å². The summed E-state index contributed by atoms with van der Waals surface area (Å²) >= 11 is 0. The summed E-state index contributed by atoms with van der Waals surface area (Å²) in [5.41, 5.74) is 4.04. The Hall–Kier alpha value is -1.70. The molecule has 0 aliphatic carbocycles. The first-order valence-electron chi connectivity index (χ1n) is 6.24. The quantitative estimate of drug-likeness (QED) is 0.728. The van der Waals surface area contributed by atoms with Crippen molar-refractivity contribution in [2.45, 2.75) is 25.9 Å². The Labute approximate surface area is 102 Å². The number of ether oxygens (including phenoxy) is 1. The van der Waals surface area contributed by atoms with Crippen molar-refractivity contribution in [3.63, 3.8) is 0 Å². The molecular weight excluding hydrogens is 210 g/mol. The zero-order chi connectivity index (χ0) is 11.7. The zero-order valence-corrected chi connectivity index (χ0v) is 10.1. The fourth-order valence-electron chi connectivity index (χ4n) is 2.64. The lowest BCUT2D eigenvalue weighted by molar-refractivity contribution is 0.181. The smallest absolute Gasteiger partial charge is 0.118 e. The first-order chi connectivity index (χ1) is 8.36. The molecular formula is C15H17NO. The highest BCUT2D eigenvalue weighted by Crippen LogP contribution is 2.33. The van der Waals surface area contributed by atoms with Gasteiger partial charge in [-0.1, -0.05) is 18.2 Å². The number of benzene rings is 1. The van der Waals surface area contributed by atoms with Gasteiger partial charge in [-0.3, -0.25) is 0 Å². The maximum absolute atomic E-state index is 5.57. The van der Waals surface area contributed by atoms with Gasteiger partial charge in [0.15, 0.2) is 0 Å². The molecule has 88 valence electrons. The van der Waals surface area contributed by atoms with Gasteiger partial charge in [-0.2, -0.15) is 0 Å². The summed E-state index contributed by atoms with van der Waals surface area (Å²) in [6.07, 6.45) is 6.51. The van der Waals surface area contributed by atoms with Crippen LogP contribution in [0, 0.1) is 0 Å². The van der Waals surface area contributed by atoms with Crippen LogP contribution in [0.1, 0.15) is 19.8 Å². The number of hydrogen-bond donors (Lipinski definition) is 0. The molecule has 0 bridgehead atoms. The van der Waals surface area contributed by atoms with Crippen LogP contribution in [0.25, 0.3) is 0 Å². The molecule has 1 unspecified atom stereocenters. The summed E-state index contributed by atoms with van der Waals surface area (Å²) in [5, 5.41) is 0. The van der Waals surface area contributed by atoms with Gasteiger partial charge >= 0.3 is 0 Å². The largest absolute Gasteiger partial charge is 0.494 e. The molecule has 1 atom stereocenters. The molecule has 0 radical (unpaired) electrons. The third-order valence-corrected chi connectivity index (χ3v) is 3.51. The monoisotopic (exact) mass is 227 g/mol. The van der Waals surface area contributed by atoms with Crippen LogP contribution in [0.3, 0.4) is 0 Å². The minimum Gasteiger partial charge on any atom is -0.494 e. The van der Waals surface area contributed by atoms with Crippen LogP contribution in [0.4, 0.5) is 5.69 Å². The standard InChI is InChI=1S/C15H17NO/c1-12-14-8-5-10-16(15(14)9-11-17-12)13-6-3-2-4-7-13/h2-4,6-7,9,11-12H,5,8,10H2,1H3. The van der Waals surface area contributed by atoms with Crippen LogP contribution in [-0.4, -0.2) is 12.6 Å². The van der Waals surface area contributed by atoms with Crippen LogP contribution in [-0.2, 0) is 4.74 Å². The van der Waals surface area contributed by atoms with E-state index in [0.717, 1.165) is 13.0 Å². The van der Waals surface area contributed by atoms with Crippen molar-refractivity contribution in [1.82, 2.24) is 0 Å². The first-order valence-corrected chi connectivity index (χ1v) is 6.24. The average Bonchev–Trinajstić information content (AvgIpc) is 2.40. The highest BCUT2D eigenvalue weighted by atomic mass is 16.5. The summed E-state index contributed by atoms with van der Waals surface area (Å²) in [6, 6.07) is 10.6. The molecule has 1 aromatic rings. The Balaban J connectivity index is 2.01. The average molecular weight is 227 g/mol. The number of rotatable bonds is 1. The van der Waals surface area contributed by atoms with E-state index in [4.69, 9.17) is 4.74 Å². The maximum atomic E-state index is 5.57. The van der Waals surface area contributed by atoms with Crippen LogP contribution in [0.5, 0.6) is 0 Å². The van der Waals surface area contributed by atoms with E-state index in [1.807, 2.05) is 6.26 Å². The van der Waals surface area contributed by atoms with Crippen molar-refractivity contribution in [1.29, 1.82) is 0 Å². The minimum absolute atomic E-state index is 0.224. The molecule has 0 amide bonds. The molecule has 1 aromatic carbocycles. The number of nitrogens with zero attached hydrogens (tertiary/aromatic N) is 1. The highest BCUT2D eigenvalue weighted by molar-refractivity contribution is 5.57. The van der Waals surface area contributed by atoms with E-state index in [9.17, 15) is 0 Å². The van der Waals surface area contributed by atoms with Crippen molar-refractivity contribution >= 4 is 5.69 Å². The lowest BCUT2D eigenvalue weighted by Crippen LogP contribution is -2.32. The van der Waals surface area contributed by atoms with E-state index in [1.54, 1.807) is 0 Å². The highest BCUT2D eigenvalue weighted by Gasteiger charge is 2.25. The SMILES string of the molecule is CC1OC=CC2=C1CCCN2c1ccccc1.